The van der Waals surface area contributed by atoms with Gasteiger partial charge in [-0.05, 0) is 55.3 Å². The summed E-state index contributed by atoms with van der Waals surface area (Å²) >= 11 is 7.21. The Bertz CT molecular complexity index is 1550. The van der Waals surface area contributed by atoms with Crippen LogP contribution in [0.3, 0.4) is 0 Å². The van der Waals surface area contributed by atoms with Gasteiger partial charge in [-0.15, -0.1) is 0 Å². The minimum atomic E-state index is -0.826. The SMILES string of the molecule is CCOC(=O)C1=C(C)N=c2s/c(=C\c3ccc(Cl)cc3)c(=O)n2C1c1ccc(OC(C)=O)c(OC)c1. The van der Waals surface area contributed by atoms with Crippen molar-refractivity contribution >= 4 is 41.0 Å². The molecule has 2 aromatic carbocycles. The fourth-order valence-corrected chi connectivity index (χ4v) is 5.08. The summed E-state index contributed by atoms with van der Waals surface area (Å²) in [5.41, 5.74) is 1.75. The van der Waals surface area contributed by atoms with E-state index in [0.29, 0.717) is 25.6 Å². The van der Waals surface area contributed by atoms with Crippen LogP contribution in [-0.2, 0) is 14.3 Å². The van der Waals surface area contributed by atoms with Crippen LogP contribution in [0.4, 0.5) is 0 Å². The molecule has 1 aromatic heterocycles. The molecule has 1 aliphatic heterocycles. The standard InChI is InChI=1S/C26H23ClN2O6S/c1-5-34-25(32)22-14(2)28-26-29(24(31)21(36-26)12-16-6-9-18(27)10-7-16)23(22)17-8-11-19(35-15(3)30)20(13-17)33-4/h6-13,23H,5H2,1-4H3/b21-12-. The average molecular weight is 527 g/mol. The van der Waals surface area contributed by atoms with Gasteiger partial charge in [-0.1, -0.05) is 41.1 Å². The highest BCUT2D eigenvalue weighted by Gasteiger charge is 2.34. The van der Waals surface area contributed by atoms with Crippen molar-refractivity contribution < 1.29 is 23.8 Å². The van der Waals surface area contributed by atoms with Crippen LogP contribution in [0.1, 0.15) is 37.9 Å². The zero-order chi connectivity index (χ0) is 26.0. The number of hydrogen-bond donors (Lipinski definition) is 0. The lowest BCUT2D eigenvalue weighted by atomic mass is 9.95. The first kappa shape index (κ1) is 25.4. The van der Waals surface area contributed by atoms with Crippen molar-refractivity contribution in [2.75, 3.05) is 13.7 Å². The quantitative estimate of drug-likeness (QED) is 0.361. The van der Waals surface area contributed by atoms with Gasteiger partial charge < -0.3 is 14.2 Å². The van der Waals surface area contributed by atoms with Gasteiger partial charge in [0.25, 0.3) is 5.56 Å². The third kappa shape index (κ3) is 4.98. The number of rotatable bonds is 6. The van der Waals surface area contributed by atoms with Crippen molar-refractivity contribution in [2.45, 2.75) is 26.8 Å². The van der Waals surface area contributed by atoms with Crippen molar-refractivity contribution in [3.8, 4) is 11.5 Å². The maximum absolute atomic E-state index is 13.6. The Morgan fingerprint density at radius 3 is 2.53 bits per heavy atom. The number of carbonyl (C=O) groups is 2. The Kier molecular flexibility index (Phi) is 7.42. The van der Waals surface area contributed by atoms with Crippen LogP contribution in [0.2, 0.25) is 5.02 Å². The lowest BCUT2D eigenvalue weighted by Crippen LogP contribution is -2.40. The number of hydrogen-bond acceptors (Lipinski definition) is 8. The molecule has 10 heteroatoms. The van der Waals surface area contributed by atoms with Gasteiger partial charge in [0.1, 0.15) is 0 Å². The monoisotopic (exact) mass is 526 g/mol. The number of carbonyl (C=O) groups excluding carboxylic acids is 2. The van der Waals surface area contributed by atoms with E-state index in [0.717, 1.165) is 5.56 Å². The van der Waals surface area contributed by atoms with E-state index in [1.54, 1.807) is 50.3 Å². The second-order valence-corrected chi connectivity index (χ2v) is 9.30. The Morgan fingerprint density at radius 2 is 1.89 bits per heavy atom. The normalized spacial score (nSPS) is 15.2. The summed E-state index contributed by atoms with van der Waals surface area (Å²) in [6, 6.07) is 11.2. The molecule has 1 atom stereocenters. The summed E-state index contributed by atoms with van der Waals surface area (Å²) in [6.07, 6.45) is 1.75. The minimum absolute atomic E-state index is 0.165. The van der Waals surface area contributed by atoms with Crippen LogP contribution in [-0.4, -0.2) is 30.2 Å². The van der Waals surface area contributed by atoms with Gasteiger partial charge >= 0.3 is 11.9 Å². The summed E-state index contributed by atoms with van der Waals surface area (Å²) in [4.78, 5) is 43.2. The molecule has 0 spiro atoms. The molecule has 2 heterocycles. The van der Waals surface area contributed by atoms with E-state index in [9.17, 15) is 14.4 Å². The molecule has 186 valence electrons. The molecule has 1 unspecified atom stereocenters. The van der Waals surface area contributed by atoms with Crippen molar-refractivity contribution in [3.05, 3.63) is 89.6 Å². The van der Waals surface area contributed by atoms with E-state index >= 15 is 0 Å². The minimum Gasteiger partial charge on any atom is -0.493 e. The largest absolute Gasteiger partial charge is 0.493 e. The Labute approximate surface area is 215 Å². The van der Waals surface area contributed by atoms with Crippen LogP contribution in [0, 0.1) is 0 Å². The van der Waals surface area contributed by atoms with Gasteiger partial charge in [0.15, 0.2) is 16.3 Å². The second kappa shape index (κ2) is 10.5. The zero-order valence-corrected chi connectivity index (χ0v) is 21.6. The first-order valence-corrected chi connectivity index (χ1v) is 12.2. The van der Waals surface area contributed by atoms with Crippen LogP contribution in [0.15, 0.2) is 63.5 Å². The van der Waals surface area contributed by atoms with Crippen molar-refractivity contribution in [2.24, 2.45) is 4.99 Å². The molecule has 4 rings (SSSR count). The predicted octanol–water partition coefficient (Wildman–Crippen LogP) is 3.39. The number of nitrogens with zero attached hydrogens (tertiary/aromatic N) is 2. The van der Waals surface area contributed by atoms with Gasteiger partial charge in [0, 0.05) is 11.9 Å². The van der Waals surface area contributed by atoms with Crippen molar-refractivity contribution in [1.29, 1.82) is 0 Å². The van der Waals surface area contributed by atoms with Crippen LogP contribution >= 0.6 is 22.9 Å². The van der Waals surface area contributed by atoms with Crippen molar-refractivity contribution in [3.63, 3.8) is 0 Å². The van der Waals surface area contributed by atoms with Gasteiger partial charge in [0.05, 0.1) is 35.6 Å². The van der Waals surface area contributed by atoms with E-state index in [1.807, 2.05) is 12.1 Å². The number of halogens is 1. The summed E-state index contributed by atoms with van der Waals surface area (Å²) in [6.45, 7) is 4.87. The zero-order valence-electron chi connectivity index (χ0n) is 20.0. The van der Waals surface area contributed by atoms with Gasteiger partial charge in [-0.25, -0.2) is 9.79 Å². The summed E-state index contributed by atoms with van der Waals surface area (Å²) in [5, 5.41) is 0.592. The number of esters is 2. The number of benzene rings is 2. The highest BCUT2D eigenvalue weighted by atomic mass is 35.5. The first-order valence-electron chi connectivity index (χ1n) is 11.0. The molecular formula is C26H23ClN2O6S. The van der Waals surface area contributed by atoms with E-state index in [2.05, 4.69) is 4.99 Å². The smallest absolute Gasteiger partial charge is 0.338 e. The molecule has 0 amide bonds. The fraction of sp³-hybridized carbons (Fsp3) is 0.231. The number of fused-ring (bicyclic) bond motifs is 1. The highest BCUT2D eigenvalue weighted by molar-refractivity contribution is 7.07. The van der Waals surface area contributed by atoms with Gasteiger partial charge in [0.2, 0.25) is 0 Å². The molecular weight excluding hydrogens is 504 g/mol. The van der Waals surface area contributed by atoms with Gasteiger partial charge in [-0.3, -0.25) is 14.2 Å². The molecule has 0 saturated heterocycles. The Morgan fingerprint density at radius 1 is 1.17 bits per heavy atom. The molecule has 0 radical (unpaired) electrons. The first-order chi connectivity index (χ1) is 17.2. The number of thiazole rings is 1. The Balaban J connectivity index is 1.94. The number of ether oxygens (including phenoxy) is 3. The van der Waals surface area contributed by atoms with Crippen LogP contribution in [0.5, 0.6) is 11.5 Å². The van der Waals surface area contributed by atoms with Gasteiger partial charge in [-0.2, -0.15) is 0 Å². The molecule has 36 heavy (non-hydrogen) atoms. The molecule has 1 aliphatic rings. The molecule has 0 N–H and O–H groups in total. The molecule has 0 aliphatic carbocycles. The fourth-order valence-electron chi connectivity index (χ4n) is 3.91. The van der Waals surface area contributed by atoms with E-state index in [1.165, 1.54) is 29.9 Å². The maximum Gasteiger partial charge on any atom is 0.338 e. The third-order valence-corrected chi connectivity index (χ3v) is 6.68. The lowest BCUT2D eigenvalue weighted by molar-refractivity contribution is -0.139. The summed E-state index contributed by atoms with van der Waals surface area (Å²) in [7, 11) is 1.44. The molecule has 0 saturated carbocycles. The molecule has 0 fully saturated rings. The van der Waals surface area contributed by atoms with E-state index < -0.39 is 18.0 Å². The van der Waals surface area contributed by atoms with E-state index in [-0.39, 0.29) is 29.2 Å². The lowest BCUT2D eigenvalue weighted by Gasteiger charge is -2.25. The van der Waals surface area contributed by atoms with E-state index in [4.69, 9.17) is 25.8 Å². The number of aromatic nitrogens is 1. The van der Waals surface area contributed by atoms with Crippen LogP contribution < -0.4 is 24.4 Å². The third-order valence-electron chi connectivity index (χ3n) is 5.44. The molecule has 0 bridgehead atoms. The van der Waals surface area contributed by atoms with Crippen LogP contribution in [0.25, 0.3) is 6.08 Å². The maximum atomic E-state index is 13.6. The number of methoxy groups -OCH3 is 1. The molecule has 3 aromatic rings. The average Bonchev–Trinajstić information content (AvgIpc) is 3.14. The second-order valence-electron chi connectivity index (χ2n) is 7.86. The summed E-state index contributed by atoms with van der Waals surface area (Å²) in [5.74, 6) is -0.566. The highest BCUT2D eigenvalue weighted by Crippen LogP contribution is 2.36. The number of allylic oxidation sites excluding steroid dienone is 1. The van der Waals surface area contributed by atoms with Crippen molar-refractivity contribution in [1.82, 2.24) is 4.57 Å². The molecule has 8 nitrogen and oxygen atoms in total. The topological polar surface area (TPSA) is 96.2 Å². The predicted molar refractivity (Wildman–Crippen MR) is 136 cm³/mol. The Hall–Kier alpha value is -3.69. The summed E-state index contributed by atoms with van der Waals surface area (Å²) < 4.78 is 17.9.